The maximum atomic E-state index is 12.4. The van der Waals surface area contributed by atoms with Crippen molar-refractivity contribution in [3.05, 3.63) is 94.5 Å². The molecule has 0 aliphatic carbocycles. The summed E-state index contributed by atoms with van der Waals surface area (Å²) in [5, 5.41) is 0. The number of halogens is 1. The van der Waals surface area contributed by atoms with E-state index < -0.39 is 7.82 Å². The number of hydrogen-bond acceptors (Lipinski definition) is 5. The smallest absolute Gasteiger partial charge is 0.736 e. The number of carbonyl (C=O) groups excluding carboxylic acids is 1. The number of para-hydroxylation sites is 1. The Bertz CT molecular complexity index is 966. The first kappa shape index (κ1) is 21.9. The Kier molecular flexibility index (Phi) is 7.86. The number of phosphoric acid groups is 1. The fraction of sp³-hybridized carbons (Fsp3) is 0. The number of phosphoric ester groups is 1. The zero-order valence-corrected chi connectivity index (χ0v) is 18.9. The Morgan fingerprint density at radius 2 is 1.44 bits per heavy atom. The van der Waals surface area contributed by atoms with E-state index in [0.29, 0.717) is 15.6 Å². The van der Waals surface area contributed by atoms with E-state index in [9.17, 15) is 14.3 Å². The molecule has 0 aliphatic rings. The van der Waals surface area contributed by atoms with E-state index in [-0.39, 0.29) is 46.8 Å². The molecule has 0 aromatic heterocycles. The number of benzene rings is 3. The third-order valence-corrected chi connectivity index (χ3v) is 4.88. The minimum Gasteiger partial charge on any atom is -0.736 e. The fourth-order valence-electron chi connectivity index (χ4n) is 2.22. The molecule has 132 valence electrons. The van der Waals surface area contributed by atoms with Crippen molar-refractivity contribution < 1.29 is 52.9 Å². The summed E-state index contributed by atoms with van der Waals surface area (Å²) in [7, 11) is -4.63. The molecule has 0 amide bonds. The van der Waals surface area contributed by atoms with Gasteiger partial charge in [-0.3, -0.25) is 4.79 Å². The summed E-state index contributed by atoms with van der Waals surface area (Å²) in [4.78, 5) is 24.5. The predicted molar refractivity (Wildman–Crippen MR) is 99.3 cm³/mol. The van der Waals surface area contributed by atoms with Gasteiger partial charge in [-0.2, -0.15) is 0 Å². The SMILES string of the molecule is O=C(c1ccccc1)c1ccc(OP(=O)([O-])Oc2ccccc2)c(Br)c1.[Na+]. The van der Waals surface area contributed by atoms with Crippen LogP contribution in [-0.4, -0.2) is 5.78 Å². The van der Waals surface area contributed by atoms with E-state index in [4.69, 9.17) is 9.05 Å². The molecule has 0 N–H and O–H groups in total. The van der Waals surface area contributed by atoms with Crippen LogP contribution in [0.25, 0.3) is 0 Å². The van der Waals surface area contributed by atoms with E-state index in [2.05, 4.69) is 15.9 Å². The van der Waals surface area contributed by atoms with Gasteiger partial charge in [0.05, 0.1) is 4.47 Å². The Morgan fingerprint density at radius 3 is 2.04 bits per heavy atom. The Hall–Kier alpha value is -1.40. The Balaban J connectivity index is 0.00000261. The molecule has 0 spiro atoms. The molecule has 5 nitrogen and oxygen atoms in total. The monoisotopic (exact) mass is 454 g/mol. The Morgan fingerprint density at radius 1 is 0.852 bits per heavy atom. The van der Waals surface area contributed by atoms with E-state index in [1.54, 1.807) is 42.5 Å². The maximum Gasteiger partial charge on any atom is 1.00 e. The number of ketones is 1. The molecule has 0 saturated heterocycles. The van der Waals surface area contributed by atoms with Crippen molar-refractivity contribution in [2.75, 3.05) is 0 Å². The minimum absolute atomic E-state index is 0. The van der Waals surface area contributed by atoms with Crippen LogP contribution in [0.3, 0.4) is 0 Å². The normalized spacial score (nSPS) is 12.4. The third-order valence-electron chi connectivity index (χ3n) is 3.40. The Labute approximate surface area is 187 Å². The van der Waals surface area contributed by atoms with Crippen LogP contribution in [-0.2, 0) is 4.57 Å². The molecular weight excluding hydrogens is 442 g/mol. The van der Waals surface area contributed by atoms with Gasteiger partial charge in [0.2, 0.25) is 0 Å². The second-order valence-corrected chi connectivity index (χ2v) is 7.40. The van der Waals surface area contributed by atoms with Gasteiger partial charge in [-0.05, 0) is 46.3 Å². The first-order valence-corrected chi connectivity index (χ1v) is 9.84. The van der Waals surface area contributed by atoms with Gasteiger partial charge in [-0.15, -0.1) is 0 Å². The number of hydrogen-bond donors (Lipinski definition) is 0. The minimum atomic E-state index is -4.63. The molecule has 1 unspecified atom stereocenters. The standard InChI is InChI=1S/C19H14BrO5P.Na/c20-17-13-15(19(21)14-7-3-1-4-8-14)11-12-18(17)25-26(22,23)24-16-9-5-2-6-10-16;/h1-13H,(H,22,23);/q;+1/p-1. The van der Waals surface area contributed by atoms with Crippen LogP contribution in [0, 0.1) is 0 Å². The molecule has 0 fully saturated rings. The van der Waals surface area contributed by atoms with E-state index >= 15 is 0 Å². The summed E-state index contributed by atoms with van der Waals surface area (Å²) in [5.41, 5.74) is 0.940. The van der Waals surface area contributed by atoms with Crippen LogP contribution in [0.2, 0.25) is 0 Å². The van der Waals surface area contributed by atoms with Crippen molar-refractivity contribution in [1.29, 1.82) is 0 Å². The van der Waals surface area contributed by atoms with Crippen LogP contribution < -0.4 is 43.5 Å². The van der Waals surface area contributed by atoms with Crippen molar-refractivity contribution in [2.45, 2.75) is 0 Å². The van der Waals surface area contributed by atoms with Gasteiger partial charge in [0.1, 0.15) is 11.5 Å². The average molecular weight is 455 g/mol. The predicted octanol–water partition coefficient (Wildman–Crippen LogP) is 1.61. The van der Waals surface area contributed by atoms with Gasteiger partial charge in [-0.1, -0.05) is 48.5 Å². The second-order valence-electron chi connectivity index (χ2n) is 5.28. The molecule has 0 heterocycles. The van der Waals surface area contributed by atoms with Gasteiger partial charge in [0.15, 0.2) is 5.78 Å². The summed E-state index contributed by atoms with van der Waals surface area (Å²) in [6.45, 7) is 0. The molecule has 1 atom stereocenters. The van der Waals surface area contributed by atoms with Crippen molar-refractivity contribution in [1.82, 2.24) is 0 Å². The molecule has 0 radical (unpaired) electrons. The molecule has 0 saturated carbocycles. The maximum absolute atomic E-state index is 12.4. The molecule has 0 aliphatic heterocycles. The van der Waals surface area contributed by atoms with Gasteiger partial charge in [0.25, 0.3) is 0 Å². The summed E-state index contributed by atoms with van der Waals surface area (Å²) in [6.07, 6.45) is 0. The van der Waals surface area contributed by atoms with E-state index in [0.717, 1.165) is 0 Å². The summed E-state index contributed by atoms with van der Waals surface area (Å²) in [6, 6.07) is 21.2. The van der Waals surface area contributed by atoms with Crippen LogP contribution in [0.1, 0.15) is 15.9 Å². The molecule has 27 heavy (non-hydrogen) atoms. The van der Waals surface area contributed by atoms with Gasteiger partial charge < -0.3 is 13.9 Å². The number of carbonyl (C=O) groups is 1. The van der Waals surface area contributed by atoms with Crippen LogP contribution in [0.4, 0.5) is 0 Å². The van der Waals surface area contributed by atoms with Crippen LogP contribution >= 0.6 is 23.8 Å². The molecule has 3 rings (SSSR count). The molecule has 0 bridgehead atoms. The summed E-state index contributed by atoms with van der Waals surface area (Å²) in [5.74, 6) is 0.00500. The van der Waals surface area contributed by atoms with Gasteiger partial charge in [0, 0.05) is 11.1 Å². The molecule has 8 heteroatoms. The van der Waals surface area contributed by atoms with Crippen molar-refractivity contribution in [3.63, 3.8) is 0 Å². The van der Waals surface area contributed by atoms with Crippen molar-refractivity contribution in [3.8, 4) is 11.5 Å². The first-order valence-electron chi connectivity index (χ1n) is 7.59. The summed E-state index contributed by atoms with van der Waals surface area (Å²) >= 11 is 3.23. The van der Waals surface area contributed by atoms with E-state index in [1.165, 1.54) is 30.3 Å². The first-order chi connectivity index (χ1) is 12.4. The summed E-state index contributed by atoms with van der Waals surface area (Å²) < 4.78 is 22.3. The zero-order chi connectivity index (χ0) is 18.6. The largest absolute Gasteiger partial charge is 1.00 e. The molecular formula is C19H13BrNaO5P. The van der Waals surface area contributed by atoms with Crippen LogP contribution in [0.5, 0.6) is 11.5 Å². The van der Waals surface area contributed by atoms with Gasteiger partial charge in [-0.25, -0.2) is 4.57 Å². The average Bonchev–Trinajstić information content (AvgIpc) is 2.64. The molecule has 3 aromatic carbocycles. The third kappa shape index (κ3) is 6.04. The van der Waals surface area contributed by atoms with Crippen molar-refractivity contribution in [2.24, 2.45) is 0 Å². The number of rotatable bonds is 6. The molecule has 3 aromatic rings. The zero-order valence-electron chi connectivity index (χ0n) is 14.4. The van der Waals surface area contributed by atoms with Crippen LogP contribution in [0.15, 0.2) is 83.3 Å². The fourth-order valence-corrected chi connectivity index (χ4v) is 3.62. The topological polar surface area (TPSA) is 75.7 Å². The second kappa shape index (κ2) is 9.69. The van der Waals surface area contributed by atoms with E-state index in [1.807, 2.05) is 6.07 Å². The van der Waals surface area contributed by atoms with Gasteiger partial charge >= 0.3 is 37.4 Å². The quantitative estimate of drug-likeness (QED) is 0.321. The van der Waals surface area contributed by atoms with Crippen molar-refractivity contribution >= 4 is 29.5 Å².